The molecule has 0 unspecified atom stereocenters. The fourth-order valence-corrected chi connectivity index (χ4v) is 2.61. The standard InChI is InChI=1S/C18H21N3O2/c22-18(14-23-16-6-2-1-3-7-16)20-13-15-8-9-19-17(12-15)21-10-4-5-11-21/h1-3,6-9,12H,4-5,10-11,13-14H2,(H,20,22). The molecule has 5 heteroatoms. The molecule has 120 valence electrons. The highest BCUT2D eigenvalue weighted by molar-refractivity contribution is 5.77. The number of aromatic nitrogens is 1. The zero-order valence-corrected chi connectivity index (χ0v) is 13.1. The fourth-order valence-electron chi connectivity index (χ4n) is 2.61. The van der Waals surface area contributed by atoms with Crippen LogP contribution in [0.25, 0.3) is 0 Å². The van der Waals surface area contributed by atoms with Crippen LogP contribution in [0.4, 0.5) is 5.82 Å². The lowest BCUT2D eigenvalue weighted by Gasteiger charge is -2.17. The molecule has 5 nitrogen and oxygen atoms in total. The van der Waals surface area contributed by atoms with Crippen LogP contribution in [0.3, 0.4) is 0 Å². The van der Waals surface area contributed by atoms with Crippen LogP contribution in [0.5, 0.6) is 5.75 Å². The number of hydrogen-bond donors (Lipinski definition) is 1. The normalized spacial score (nSPS) is 13.8. The third-order valence-electron chi connectivity index (χ3n) is 3.84. The van der Waals surface area contributed by atoms with Crippen molar-refractivity contribution >= 4 is 11.7 Å². The van der Waals surface area contributed by atoms with Crippen molar-refractivity contribution in [3.63, 3.8) is 0 Å². The van der Waals surface area contributed by atoms with Crippen molar-refractivity contribution in [1.29, 1.82) is 0 Å². The van der Waals surface area contributed by atoms with Crippen molar-refractivity contribution in [2.45, 2.75) is 19.4 Å². The van der Waals surface area contributed by atoms with Gasteiger partial charge in [0.1, 0.15) is 11.6 Å². The van der Waals surface area contributed by atoms with Crippen molar-refractivity contribution in [3.05, 3.63) is 54.2 Å². The number of pyridine rings is 1. The number of para-hydroxylation sites is 1. The third kappa shape index (κ3) is 4.45. The molecule has 0 radical (unpaired) electrons. The average Bonchev–Trinajstić information content (AvgIpc) is 3.14. The Labute approximate surface area is 136 Å². The zero-order valence-electron chi connectivity index (χ0n) is 13.1. The van der Waals surface area contributed by atoms with Crippen molar-refractivity contribution in [3.8, 4) is 5.75 Å². The number of nitrogens with one attached hydrogen (secondary N) is 1. The van der Waals surface area contributed by atoms with E-state index in [1.807, 2.05) is 42.5 Å². The Balaban J connectivity index is 1.48. The molecule has 0 atom stereocenters. The molecule has 0 aliphatic carbocycles. The molecule has 0 spiro atoms. The Kier molecular flexibility index (Phi) is 5.09. The van der Waals surface area contributed by atoms with Gasteiger partial charge in [0.2, 0.25) is 0 Å². The lowest BCUT2D eigenvalue weighted by molar-refractivity contribution is -0.123. The first-order chi connectivity index (χ1) is 11.3. The average molecular weight is 311 g/mol. The maximum atomic E-state index is 11.9. The summed E-state index contributed by atoms with van der Waals surface area (Å²) in [6, 6.07) is 13.3. The number of carbonyl (C=O) groups is 1. The van der Waals surface area contributed by atoms with Gasteiger partial charge in [0.05, 0.1) is 0 Å². The van der Waals surface area contributed by atoms with E-state index in [0.717, 1.165) is 24.5 Å². The summed E-state index contributed by atoms with van der Waals surface area (Å²) in [7, 11) is 0. The van der Waals surface area contributed by atoms with Crippen molar-refractivity contribution < 1.29 is 9.53 Å². The number of hydrogen-bond acceptors (Lipinski definition) is 4. The van der Waals surface area contributed by atoms with E-state index in [4.69, 9.17) is 4.74 Å². The summed E-state index contributed by atoms with van der Waals surface area (Å²) in [5.74, 6) is 1.56. The van der Waals surface area contributed by atoms with Crippen molar-refractivity contribution in [2.75, 3.05) is 24.6 Å². The summed E-state index contributed by atoms with van der Waals surface area (Å²) in [5, 5.41) is 2.88. The summed E-state index contributed by atoms with van der Waals surface area (Å²) in [4.78, 5) is 18.6. The first-order valence-electron chi connectivity index (χ1n) is 7.96. The lowest BCUT2D eigenvalue weighted by atomic mass is 10.2. The molecule has 1 amide bonds. The first-order valence-corrected chi connectivity index (χ1v) is 7.96. The molecule has 2 aromatic rings. The summed E-state index contributed by atoms with van der Waals surface area (Å²) in [6.07, 6.45) is 4.24. The van der Waals surface area contributed by atoms with Crippen molar-refractivity contribution in [2.24, 2.45) is 0 Å². The molecule has 0 bridgehead atoms. The van der Waals surface area contributed by atoms with Gasteiger partial charge in [0, 0.05) is 25.8 Å². The molecule has 1 saturated heterocycles. The van der Waals surface area contributed by atoms with Gasteiger partial charge in [0.15, 0.2) is 6.61 Å². The van der Waals surface area contributed by atoms with Gasteiger partial charge in [-0.3, -0.25) is 4.79 Å². The van der Waals surface area contributed by atoms with E-state index >= 15 is 0 Å². The smallest absolute Gasteiger partial charge is 0.258 e. The topological polar surface area (TPSA) is 54.5 Å². The van der Waals surface area contributed by atoms with Gasteiger partial charge in [-0.15, -0.1) is 0 Å². The van der Waals surface area contributed by atoms with Crippen LogP contribution in [0.2, 0.25) is 0 Å². The first kappa shape index (κ1) is 15.3. The predicted octanol–water partition coefficient (Wildman–Crippen LogP) is 2.38. The van der Waals surface area contributed by atoms with Crippen LogP contribution >= 0.6 is 0 Å². The zero-order chi connectivity index (χ0) is 15.9. The van der Waals surface area contributed by atoms with Crippen LogP contribution in [0, 0.1) is 0 Å². The van der Waals surface area contributed by atoms with E-state index in [0.29, 0.717) is 12.3 Å². The van der Waals surface area contributed by atoms with E-state index in [1.54, 1.807) is 6.20 Å². The van der Waals surface area contributed by atoms with E-state index in [-0.39, 0.29) is 12.5 Å². The van der Waals surface area contributed by atoms with Crippen LogP contribution in [-0.2, 0) is 11.3 Å². The predicted molar refractivity (Wildman–Crippen MR) is 89.5 cm³/mol. The minimum atomic E-state index is -0.131. The quantitative estimate of drug-likeness (QED) is 0.890. The van der Waals surface area contributed by atoms with Crippen molar-refractivity contribution in [1.82, 2.24) is 10.3 Å². The minimum absolute atomic E-state index is 0.0219. The van der Waals surface area contributed by atoms with E-state index in [9.17, 15) is 4.79 Å². The van der Waals surface area contributed by atoms with Gasteiger partial charge in [0.25, 0.3) is 5.91 Å². The molecule has 1 N–H and O–H groups in total. The molecule has 3 rings (SSSR count). The van der Waals surface area contributed by atoms with E-state index in [1.165, 1.54) is 12.8 Å². The van der Waals surface area contributed by atoms with E-state index < -0.39 is 0 Å². The van der Waals surface area contributed by atoms with Crippen LogP contribution in [0.1, 0.15) is 18.4 Å². The summed E-state index contributed by atoms with van der Waals surface area (Å²) >= 11 is 0. The Morgan fingerprint density at radius 1 is 1.17 bits per heavy atom. The molecular formula is C18H21N3O2. The van der Waals surface area contributed by atoms with Crippen LogP contribution in [0.15, 0.2) is 48.7 Å². The molecule has 1 aliphatic rings. The summed E-state index contributed by atoms with van der Waals surface area (Å²) in [6.45, 7) is 2.63. The highest BCUT2D eigenvalue weighted by Crippen LogP contribution is 2.18. The third-order valence-corrected chi connectivity index (χ3v) is 3.84. The van der Waals surface area contributed by atoms with Gasteiger partial charge < -0.3 is 15.0 Å². The second-order valence-corrected chi connectivity index (χ2v) is 5.59. The number of ether oxygens (including phenoxy) is 1. The van der Waals surface area contributed by atoms with Gasteiger partial charge in [-0.2, -0.15) is 0 Å². The molecule has 23 heavy (non-hydrogen) atoms. The number of nitrogens with zero attached hydrogens (tertiary/aromatic N) is 2. The largest absolute Gasteiger partial charge is 0.484 e. The summed E-state index contributed by atoms with van der Waals surface area (Å²) in [5.41, 5.74) is 1.05. The fraction of sp³-hybridized carbons (Fsp3) is 0.333. The SMILES string of the molecule is O=C(COc1ccccc1)NCc1ccnc(N2CCCC2)c1. The van der Waals surface area contributed by atoms with E-state index in [2.05, 4.69) is 15.2 Å². The van der Waals surface area contributed by atoms with Gasteiger partial charge in [-0.1, -0.05) is 18.2 Å². The monoisotopic (exact) mass is 311 g/mol. The highest BCUT2D eigenvalue weighted by Gasteiger charge is 2.13. The van der Waals surface area contributed by atoms with Crippen LogP contribution < -0.4 is 15.0 Å². The number of anilines is 1. The van der Waals surface area contributed by atoms with Gasteiger partial charge in [-0.25, -0.2) is 4.98 Å². The van der Waals surface area contributed by atoms with Crippen LogP contribution in [-0.4, -0.2) is 30.6 Å². The second kappa shape index (κ2) is 7.63. The summed E-state index contributed by atoms with van der Waals surface area (Å²) < 4.78 is 5.43. The molecule has 1 aromatic carbocycles. The molecule has 1 aromatic heterocycles. The maximum Gasteiger partial charge on any atom is 0.258 e. The Hall–Kier alpha value is -2.56. The maximum absolute atomic E-state index is 11.9. The molecule has 1 fully saturated rings. The highest BCUT2D eigenvalue weighted by atomic mass is 16.5. The van der Waals surface area contributed by atoms with Gasteiger partial charge in [-0.05, 0) is 42.7 Å². The Morgan fingerprint density at radius 2 is 1.96 bits per heavy atom. The molecular weight excluding hydrogens is 290 g/mol. The number of carbonyl (C=O) groups excluding carboxylic acids is 1. The Bertz CT molecular complexity index is 640. The number of benzene rings is 1. The Morgan fingerprint density at radius 3 is 2.74 bits per heavy atom. The minimum Gasteiger partial charge on any atom is -0.484 e. The second-order valence-electron chi connectivity index (χ2n) is 5.59. The number of rotatable bonds is 6. The molecule has 1 aliphatic heterocycles. The van der Waals surface area contributed by atoms with Gasteiger partial charge >= 0.3 is 0 Å². The number of amides is 1. The lowest BCUT2D eigenvalue weighted by Crippen LogP contribution is -2.28. The molecule has 0 saturated carbocycles. The molecule has 2 heterocycles.